The van der Waals surface area contributed by atoms with Crippen LogP contribution in [-0.2, 0) is 9.53 Å². The van der Waals surface area contributed by atoms with Crippen molar-refractivity contribution in [3.05, 3.63) is 24.0 Å². The van der Waals surface area contributed by atoms with Crippen LogP contribution in [0.2, 0.25) is 0 Å². The van der Waals surface area contributed by atoms with Gasteiger partial charge in [-0.3, -0.25) is 9.59 Å². The van der Waals surface area contributed by atoms with Crippen molar-refractivity contribution in [1.82, 2.24) is 9.88 Å². The Morgan fingerprint density at radius 2 is 2.41 bits per heavy atom. The fourth-order valence-electron chi connectivity index (χ4n) is 1.91. The van der Waals surface area contributed by atoms with Crippen LogP contribution in [0, 0.1) is 0 Å². The van der Waals surface area contributed by atoms with E-state index < -0.39 is 12.0 Å². The van der Waals surface area contributed by atoms with Crippen LogP contribution in [0.5, 0.6) is 0 Å². The molecular weight excluding hydrogens is 224 g/mol. The number of aliphatic carboxylic acids is 1. The molecule has 0 spiro atoms. The summed E-state index contributed by atoms with van der Waals surface area (Å²) in [6.45, 7) is 1.15. The molecule has 0 aliphatic carbocycles. The number of morpholine rings is 1. The van der Waals surface area contributed by atoms with Gasteiger partial charge in [-0.2, -0.15) is 0 Å². The molecule has 1 atom stereocenters. The number of rotatable bonds is 3. The van der Waals surface area contributed by atoms with Gasteiger partial charge in [-0.05, 0) is 12.1 Å². The van der Waals surface area contributed by atoms with E-state index in [2.05, 4.69) is 4.98 Å². The van der Waals surface area contributed by atoms with Crippen LogP contribution in [0.25, 0.3) is 0 Å². The first-order chi connectivity index (χ1) is 8.18. The van der Waals surface area contributed by atoms with Crippen molar-refractivity contribution in [2.24, 2.45) is 0 Å². The van der Waals surface area contributed by atoms with Crippen molar-refractivity contribution < 1.29 is 19.4 Å². The molecule has 1 saturated heterocycles. The van der Waals surface area contributed by atoms with Gasteiger partial charge < -0.3 is 19.7 Å². The smallest absolute Gasteiger partial charge is 0.305 e. The van der Waals surface area contributed by atoms with Gasteiger partial charge in [0.05, 0.1) is 25.7 Å². The highest BCUT2D eigenvalue weighted by molar-refractivity contribution is 5.93. The molecule has 0 saturated carbocycles. The summed E-state index contributed by atoms with van der Waals surface area (Å²) in [4.78, 5) is 27.2. The number of nitrogens with one attached hydrogen (secondary N) is 1. The molecule has 1 aromatic heterocycles. The molecule has 6 nitrogen and oxygen atoms in total. The third kappa shape index (κ3) is 2.65. The number of carbonyl (C=O) groups excluding carboxylic acids is 1. The number of nitrogens with zero attached hydrogens (tertiary/aromatic N) is 1. The van der Waals surface area contributed by atoms with Crippen LogP contribution in [0.15, 0.2) is 18.3 Å². The predicted molar refractivity (Wildman–Crippen MR) is 58.7 cm³/mol. The number of H-pyrrole nitrogens is 1. The molecule has 1 amide bonds. The lowest BCUT2D eigenvalue weighted by Crippen LogP contribution is -2.49. The highest BCUT2D eigenvalue weighted by Crippen LogP contribution is 2.14. The number of hydrogen-bond acceptors (Lipinski definition) is 3. The van der Waals surface area contributed by atoms with E-state index in [4.69, 9.17) is 9.84 Å². The third-order valence-electron chi connectivity index (χ3n) is 2.73. The molecule has 1 unspecified atom stereocenters. The topological polar surface area (TPSA) is 82.6 Å². The summed E-state index contributed by atoms with van der Waals surface area (Å²) in [6, 6.07) is 3.02. The summed E-state index contributed by atoms with van der Waals surface area (Å²) in [5.41, 5.74) is 0.474. The van der Waals surface area contributed by atoms with Gasteiger partial charge in [0.1, 0.15) is 5.69 Å². The summed E-state index contributed by atoms with van der Waals surface area (Å²) in [7, 11) is 0. The third-order valence-corrected chi connectivity index (χ3v) is 2.73. The molecule has 1 aliphatic heterocycles. The number of carbonyl (C=O) groups is 2. The van der Waals surface area contributed by atoms with Crippen molar-refractivity contribution >= 4 is 11.9 Å². The van der Waals surface area contributed by atoms with Crippen LogP contribution >= 0.6 is 0 Å². The number of aromatic nitrogens is 1. The fourth-order valence-corrected chi connectivity index (χ4v) is 1.91. The van der Waals surface area contributed by atoms with E-state index in [1.807, 2.05) is 0 Å². The van der Waals surface area contributed by atoms with Crippen LogP contribution in [-0.4, -0.2) is 52.7 Å². The Morgan fingerprint density at radius 3 is 3.06 bits per heavy atom. The molecule has 0 bridgehead atoms. The highest BCUT2D eigenvalue weighted by Gasteiger charge is 2.29. The Kier molecular flexibility index (Phi) is 3.43. The Hall–Kier alpha value is -1.82. The molecule has 2 N–H and O–H groups in total. The second-order valence-corrected chi connectivity index (χ2v) is 3.91. The van der Waals surface area contributed by atoms with Gasteiger partial charge >= 0.3 is 5.97 Å². The van der Waals surface area contributed by atoms with E-state index in [9.17, 15) is 9.59 Å². The molecular formula is C11H14N2O4. The number of hydrogen-bond donors (Lipinski definition) is 2. The SMILES string of the molecule is O=C(O)CC1COCCN1C(=O)c1ccc[nH]1. The molecule has 17 heavy (non-hydrogen) atoms. The summed E-state index contributed by atoms with van der Waals surface area (Å²) >= 11 is 0. The lowest BCUT2D eigenvalue weighted by Gasteiger charge is -2.34. The van der Waals surface area contributed by atoms with Gasteiger partial charge in [-0.1, -0.05) is 0 Å². The van der Waals surface area contributed by atoms with Gasteiger partial charge in [0.15, 0.2) is 0 Å². The maximum atomic E-state index is 12.1. The Bertz CT molecular complexity index is 402. The van der Waals surface area contributed by atoms with Crippen molar-refractivity contribution in [1.29, 1.82) is 0 Å². The van der Waals surface area contributed by atoms with E-state index in [1.165, 1.54) is 0 Å². The largest absolute Gasteiger partial charge is 0.481 e. The molecule has 2 heterocycles. The number of carboxylic acid groups (broad SMARTS) is 1. The lowest BCUT2D eigenvalue weighted by atomic mass is 10.1. The Morgan fingerprint density at radius 1 is 1.59 bits per heavy atom. The van der Waals surface area contributed by atoms with E-state index in [0.29, 0.717) is 18.8 Å². The zero-order valence-electron chi connectivity index (χ0n) is 9.26. The molecule has 1 aliphatic rings. The summed E-state index contributed by atoms with van der Waals surface area (Å²) in [6.07, 6.45) is 1.58. The van der Waals surface area contributed by atoms with Gasteiger partial charge in [0, 0.05) is 12.7 Å². The number of aromatic amines is 1. The molecule has 2 rings (SSSR count). The highest BCUT2D eigenvalue weighted by atomic mass is 16.5. The molecule has 6 heteroatoms. The Balaban J connectivity index is 2.10. The molecule has 0 radical (unpaired) electrons. The monoisotopic (exact) mass is 238 g/mol. The Labute approximate surface area is 98.2 Å². The van der Waals surface area contributed by atoms with Gasteiger partial charge in [-0.25, -0.2) is 0 Å². The number of amides is 1. The number of ether oxygens (including phenoxy) is 1. The molecule has 0 aromatic carbocycles. The van der Waals surface area contributed by atoms with E-state index in [-0.39, 0.29) is 18.9 Å². The minimum absolute atomic E-state index is 0.0908. The van der Waals surface area contributed by atoms with Crippen LogP contribution in [0.3, 0.4) is 0 Å². The van der Waals surface area contributed by atoms with Gasteiger partial charge in [0.25, 0.3) is 5.91 Å². The van der Waals surface area contributed by atoms with E-state index >= 15 is 0 Å². The second-order valence-electron chi connectivity index (χ2n) is 3.91. The minimum atomic E-state index is -0.926. The molecule has 1 fully saturated rings. The van der Waals surface area contributed by atoms with Crippen molar-refractivity contribution in [3.63, 3.8) is 0 Å². The fraction of sp³-hybridized carbons (Fsp3) is 0.455. The molecule has 1 aromatic rings. The average molecular weight is 238 g/mol. The second kappa shape index (κ2) is 5.01. The maximum Gasteiger partial charge on any atom is 0.305 e. The zero-order valence-corrected chi connectivity index (χ0v) is 9.26. The maximum absolute atomic E-state index is 12.1. The standard InChI is InChI=1S/C11H14N2O4/c14-10(15)6-8-7-17-5-4-13(8)11(16)9-2-1-3-12-9/h1-3,8,12H,4-7H2,(H,14,15). The first-order valence-electron chi connectivity index (χ1n) is 5.42. The number of carboxylic acids is 1. The minimum Gasteiger partial charge on any atom is -0.481 e. The molecule has 92 valence electrons. The van der Waals surface area contributed by atoms with Crippen LogP contribution in [0.4, 0.5) is 0 Å². The van der Waals surface area contributed by atoms with Crippen molar-refractivity contribution in [2.75, 3.05) is 19.8 Å². The van der Waals surface area contributed by atoms with Crippen molar-refractivity contribution in [2.45, 2.75) is 12.5 Å². The first kappa shape index (κ1) is 11.7. The predicted octanol–water partition coefficient (Wildman–Crippen LogP) is 0.330. The lowest BCUT2D eigenvalue weighted by molar-refractivity contribution is -0.139. The van der Waals surface area contributed by atoms with Crippen molar-refractivity contribution in [3.8, 4) is 0 Å². The van der Waals surface area contributed by atoms with Gasteiger partial charge in [0.2, 0.25) is 0 Å². The zero-order chi connectivity index (χ0) is 12.3. The summed E-state index contributed by atoms with van der Waals surface area (Å²) in [5.74, 6) is -1.10. The summed E-state index contributed by atoms with van der Waals surface area (Å²) in [5, 5.41) is 8.79. The van der Waals surface area contributed by atoms with Crippen LogP contribution < -0.4 is 0 Å². The quantitative estimate of drug-likeness (QED) is 0.795. The van der Waals surface area contributed by atoms with E-state index in [1.54, 1.807) is 23.2 Å². The normalized spacial score (nSPS) is 20.2. The average Bonchev–Trinajstić information content (AvgIpc) is 2.81. The van der Waals surface area contributed by atoms with E-state index in [0.717, 1.165) is 0 Å². The summed E-state index contributed by atoms with van der Waals surface area (Å²) < 4.78 is 5.21. The first-order valence-corrected chi connectivity index (χ1v) is 5.42. The van der Waals surface area contributed by atoms with Crippen LogP contribution in [0.1, 0.15) is 16.9 Å². The van der Waals surface area contributed by atoms with Gasteiger partial charge in [-0.15, -0.1) is 0 Å².